The maximum absolute atomic E-state index is 11.6. The van der Waals surface area contributed by atoms with Crippen LogP contribution in [-0.2, 0) is 0 Å². The fraction of sp³-hybridized carbons (Fsp3) is 0.455. The van der Waals surface area contributed by atoms with Crippen LogP contribution in [0, 0.1) is 6.92 Å². The van der Waals surface area contributed by atoms with Gasteiger partial charge in [-0.05, 0) is 31.9 Å². The van der Waals surface area contributed by atoms with E-state index in [0.29, 0.717) is 18.2 Å². The summed E-state index contributed by atoms with van der Waals surface area (Å²) in [5, 5.41) is 3.19. The highest BCUT2D eigenvalue weighted by atomic mass is 16.1. The zero-order chi connectivity index (χ0) is 9.97. The number of carbonyl (C=O) groups excluding carboxylic acids is 1. The lowest BCUT2D eigenvalue weighted by Gasteiger charge is -2.01. The van der Waals surface area contributed by atoms with Crippen LogP contribution in [0.2, 0.25) is 0 Å². The van der Waals surface area contributed by atoms with Crippen molar-refractivity contribution in [3.8, 4) is 0 Å². The second-order valence-corrected chi connectivity index (χ2v) is 3.77. The lowest BCUT2D eigenvalue weighted by molar-refractivity contribution is 0.0990. The highest BCUT2D eigenvalue weighted by Gasteiger charge is 2.21. The molecule has 1 fully saturated rings. The number of carbonyl (C=O) groups is 1. The van der Waals surface area contributed by atoms with Gasteiger partial charge >= 0.3 is 0 Å². The van der Waals surface area contributed by atoms with Gasteiger partial charge in [0.05, 0.1) is 6.54 Å². The first-order chi connectivity index (χ1) is 6.75. The van der Waals surface area contributed by atoms with Crippen molar-refractivity contribution < 1.29 is 4.79 Å². The van der Waals surface area contributed by atoms with Crippen LogP contribution in [0.4, 0.5) is 0 Å². The van der Waals surface area contributed by atoms with Crippen molar-refractivity contribution in [3.05, 3.63) is 29.6 Å². The number of nitrogens with zero attached hydrogens (tertiary/aromatic N) is 1. The maximum Gasteiger partial charge on any atom is 0.178 e. The first-order valence-corrected chi connectivity index (χ1v) is 4.95. The molecule has 74 valence electrons. The molecule has 0 spiro atoms. The average molecular weight is 190 g/mol. The predicted molar refractivity (Wildman–Crippen MR) is 54.3 cm³/mol. The Kier molecular flexibility index (Phi) is 2.59. The van der Waals surface area contributed by atoms with E-state index in [9.17, 15) is 4.79 Å². The third-order valence-corrected chi connectivity index (χ3v) is 2.36. The van der Waals surface area contributed by atoms with Gasteiger partial charge in [-0.3, -0.25) is 9.78 Å². The molecule has 1 aromatic rings. The number of ketones is 1. The van der Waals surface area contributed by atoms with Crippen molar-refractivity contribution in [3.63, 3.8) is 0 Å². The molecule has 1 aromatic heterocycles. The summed E-state index contributed by atoms with van der Waals surface area (Å²) >= 11 is 0. The van der Waals surface area contributed by atoms with E-state index >= 15 is 0 Å². The van der Waals surface area contributed by atoms with Crippen LogP contribution < -0.4 is 5.32 Å². The van der Waals surface area contributed by atoms with E-state index in [1.807, 2.05) is 19.1 Å². The van der Waals surface area contributed by atoms with Gasteiger partial charge < -0.3 is 5.32 Å². The molecule has 0 saturated heterocycles. The summed E-state index contributed by atoms with van der Waals surface area (Å²) in [6.07, 6.45) is 4.06. The van der Waals surface area contributed by atoms with Crippen molar-refractivity contribution in [1.29, 1.82) is 0 Å². The van der Waals surface area contributed by atoms with Crippen molar-refractivity contribution >= 4 is 5.78 Å². The Labute approximate surface area is 83.5 Å². The van der Waals surface area contributed by atoms with Crippen LogP contribution in [0.3, 0.4) is 0 Å². The molecule has 1 heterocycles. The van der Waals surface area contributed by atoms with Gasteiger partial charge in [0.25, 0.3) is 0 Å². The summed E-state index contributed by atoms with van der Waals surface area (Å²) in [6, 6.07) is 4.28. The van der Waals surface area contributed by atoms with Gasteiger partial charge in [0, 0.05) is 23.5 Å². The Morgan fingerprint density at radius 1 is 1.57 bits per heavy atom. The summed E-state index contributed by atoms with van der Waals surface area (Å²) in [4.78, 5) is 15.7. The molecule has 14 heavy (non-hydrogen) atoms. The Morgan fingerprint density at radius 2 is 2.36 bits per heavy atom. The third-order valence-electron chi connectivity index (χ3n) is 2.36. The van der Waals surface area contributed by atoms with E-state index in [0.717, 1.165) is 5.69 Å². The number of hydrogen-bond acceptors (Lipinski definition) is 3. The summed E-state index contributed by atoms with van der Waals surface area (Å²) in [5.41, 5.74) is 1.64. The Bertz CT molecular complexity index is 328. The zero-order valence-corrected chi connectivity index (χ0v) is 8.29. The van der Waals surface area contributed by atoms with Crippen LogP contribution in [0.15, 0.2) is 18.3 Å². The molecule has 0 radical (unpaired) electrons. The van der Waals surface area contributed by atoms with Crippen LogP contribution in [0.25, 0.3) is 0 Å². The monoisotopic (exact) mass is 190 g/mol. The lowest BCUT2D eigenvalue weighted by atomic mass is 10.2. The molecular formula is C11H14N2O. The Balaban J connectivity index is 1.92. The first kappa shape index (κ1) is 9.34. The Morgan fingerprint density at radius 3 is 2.93 bits per heavy atom. The molecule has 0 atom stereocenters. The number of Topliss-reactive ketones (excluding diaryl/α,β-unsaturated/α-hetero) is 1. The molecule has 0 aromatic carbocycles. The van der Waals surface area contributed by atoms with E-state index in [1.165, 1.54) is 12.8 Å². The molecule has 1 N–H and O–H groups in total. The number of hydrogen-bond donors (Lipinski definition) is 1. The quantitative estimate of drug-likeness (QED) is 0.728. The van der Waals surface area contributed by atoms with Gasteiger partial charge in [-0.1, -0.05) is 0 Å². The van der Waals surface area contributed by atoms with E-state index in [-0.39, 0.29) is 5.78 Å². The lowest BCUT2D eigenvalue weighted by Crippen LogP contribution is -2.24. The molecule has 1 aliphatic carbocycles. The van der Waals surface area contributed by atoms with Gasteiger partial charge in [0.2, 0.25) is 0 Å². The predicted octanol–water partition coefficient (Wildman–Crippen LogP) is 1.32. The minimum absolute atomic E-state index is 0.129. The van der Waals surface area contributed by atoms with E-state index < -0.39 is 0 Å². The summed E-state index contributed by atoms with van der Waals surface area (Å²) in [5.74, 6) is 0.129. The highest BCUT2D eigenvalue weighted by molar-refractivity contribution is 5.97. The van der Waals surface area contributed by atoms with Gasteiger partial charge in [-0.25, -0.2) is 0 Å². The van der Waals surface area contributed by atoms with Gasteiger partial charge in [0.15, 0.2) is 5.78 Å². The number of aryl methyl sites for hydroxylation is 1. The number of rotatable bonds is 4. The molecule has 1 aliphatic rings. The minimum Gasteiger partial charge on any atom is -0.307 e. The SMILES string of the molecule is Cc1ccc(C(=O)CNC2CC2)cn1. The second kappa shape index (κ2) is 3.88. The molecule has 0 aliphatic heterocycles. The molecule has 2 rings (SSSR count). The first-order valence-electron chi connectivity index (χ1n) is 4.95. The molecule has 3 nitrogen and oxygen atoms in total. The largest absolute Gasteiger partial charge is 0.307 e. The van der Waals surface area contributed by atoms with Crippen LogP contribution in [0.1, 0.15) is 28.9 Å². The number of nitrogens with one attached hydrogen (secondary N) is 1. The van der Waals surface area contributed by atoms with E-state index in [2.05, 4.69) is 10.3 Å². The number of aromatic nitrogens is 1. The third kappa shape index (κ3) is 2.39. The highest BCUT2D eigenvalue weighted by Crippen LogP contribution is 2.18. The molecular weight excluding hydrogens is 176 g/mol. The fourth-order valence-corrected chi connectivity index (χ4v) is 1.26. The molecule has 0 amide bonds. The standard InChI is InChI=1S/C11H14N2O/c1-8-2-3-9(6-12-8)11(14)7-13-10-4-5-10/h2-3,6,10,13H,4-5,7H2,1H3. The zero-order valence-electron chi connectivity index (χ0n) is 8.29. The van der Waals surface area contributed by atoms with Crippen molar-refractivity contribution in [2.75, 3.05) is 6.54 Å². The van der Waals surface area contributed by atoms with Crippen molar-refractivity contribution in [2.24, 2.45) is 0 Å². The van der Waals surface area contributed by atoms with Crippen molar-refractivity contribution in [2.45, 2.75) is 25.8 Å². The minimum atomic E-state index is 0.129. The van der Waals surface area contributed by atoms with Crippen LogP contribution >= 0.6 is 0 Å². The fourth-order valence-electron chi connectivity index (χ4n) is 1.26. The topological polar surface area (TPSA) is 42.0 Å². The summed E-state index contributed by atoms with van der Waals surface area (Å²) < 4.78 is 0. The summed E-state index contributed by atoms with van der Waals surface area (Å²) in [6.45, 7) is 2.35. The smallest absolute Gasteiger partial charge is 0.178 e. The van der Waals surface area contributed by atoms with Crippen LogP contribution in [-0.4, -0.2) is 23.4 Å². The Hall–Kier alpha value is -1.22. The maximum atomic E-state index is 11.6. The molecule has 3 heteroatoms. The van der Waals surface area contributed by atoms with Crippen molar-refractivity contribution in [1.82, 2.24) is 10.3 Å². The second-order valence-electron chi connectivity index (χ2n) is 3.77. The average Bonchev–Trinajstić information content (AvgIpc) is 2.99. The normalized spacial score (nSPS) is 15.5. The van der Waals surface area contributed by atoms with Crippen LogP contribution in [0.5, 0.6) is 0 Å². The van der Waals surface area contributed by atoms with E-state index in [4.69, 9.17) is 0 Å². The molecule has 0 unspecified atom stereocenters. The van der Waals surface area contributed by atoms with Gasteiger partial charge in [-0.2, -0.15) is 0 Å². The molecule has 1 saturated carbocycles. The summed E-state index contributed by atoms with van der Waals surface area (Å²) in [7, 11) is 0. The number of pyridine rings is 1. The van der Waals surface area contributed by atoms with E-state index in [1.54, 1.807) is 6.20 Å². The molecule has 0 bridgehead atoms. The van der Waals surface area contributed by atoms with Gasteiger partial charge in [-0.15, -0.1) is 0 Å². The van der Waals surface area contributed by atoms with Gasteiger partial charge in [0.1, 0.15) is 0 Å².